The lowest BCUT2D eigenvalue weighted by Gasteiger charge is -2.27. The van der Waals surface area contributed by atoms with E-state index in [1.54, 1.807) is 0 Å². The molecule has 4 nitrogen and oxygen atoms in total. The van der Waals surface area contributed by atoms with Crippen molar-refractivity contribution in [2.75, 3.05) is 6.54 Å². The summed E-state index contributed by atoms with van der Waals surface area (Å²) < 4.78 is 0. The van der Waals surface area contributed by atoms with Gasteiger partial charge in [0.1, 0.15) is 0 Å². The molecule has 1 saturated carbocycles. The molecular formula is C8H17N3O. The molecule has 0 spiro atoms. The van der Waals surface area contributed by atoms with Crippen molar-refractivity contribution in [2.45, 2.75) is 37.8 Å². The van der Waals surface area contributed by atoms with Crippen LogP contribution in [0.1, 0.15) is 25.7 Å². The highest BCUT2D eigenvalue weighted by atomic mass is 16.1. The van der Waals surface area contributed by atoms with Crippen LogP contribution in [-0.2, 0) is 4.79 Å². The van der Waals surface area contributed by atoms with Crippen molar-refractivity contribution in [3.8, 4) is 0 Å². The molecule has 0 aromatic rings. The zero-order chi connectivity index (χ0) is 8.97. The number of carbonyl (C=O) groups is 1. The van der Waals surface area contributed by atoms with Gasteiger partial charge in [-0.2, -0.15) is 0 Å². The molecule has 4 heteroatoms. The van der Waals surface area contributed by atoms with Gasteiger partial charge in [-0.25, -0.2) is 0 Å². The maximum atomic E-state index is 10.9. The molecule has 0 aliphatic heterocycles. The quantitative estimate of drug-likeness (QED) is 0.515. The number of nitrogens with one attached hydrogen (secondary N) is 1. The average molecular weight is 171 g/mol. The normalized spacial score (nSPS) is 29.8. The minimum absolute atomic E-state index is 0.0749. The van der Waals surface area contributed by atoms with Crippen molar-refractivity contribution >= 4 is 5.91 Å². The van der Waals surface area contributed by atoms with Crippen LogP contribution < -0.4 is 16.8 Å². The predicted octanol–water partition coefficient (Wildman–Crippen LogP) is -0.669. The molecule has 1 aliphatic rings. The van der Waals surface area contributed by atoms with Gasteiger partial charge >= 0.3 is 0 Å². The number of rotatable bonds is 2. The molecule has 12 heavy (non-hydrogen) atoms. The van der Waals surface area contributed by atoms with Gasteiger partial charge in [-0.3, -0.25) is 4.79 Å². The Bertz CT molecular complexity index is 160. The second kappa shape index (κ2) is 4.42. The first kappa shape index (κ1) is 9.48. The largest absolute Gasteiger partial charge is 0.352 e. The van der Waals surface area contributed by atoms with Crippen LogP contribution in [0.5, 0.6) is 0 Å². The van der Waals surface area contributed by atoms with Crippen LogP contribution in [0.15, 0.2) is 0 Å². The van der Waals surface area contributed by atoms with Crippen molar-refractivity contribution in [3.63, 3.8) is 0 Å². The Labute approximate surface area is 72.7 Å². The van der Waals surface area contributed by atoms with Crippen molar-refractivity contribution < 1.29 is 4.79 Å². The highest BCUT2D eigenvalue weighted by molar-refractivity contribution is 5.78. The SMILES string of the molecule is NCC(=O)NC1CCCC(N)C1. The fraction of sp³-hybridized carbons (Fsp3) is 0.875. The van der Waals surface area contributed by atoms with E-state index in [-0.39, 0.29) is 24.5 Å². The molecule has 0 aromatic carbocycles. The van der Waals surface area contributed by atoms with Crippen LogP contribution in [0.25, 0.3) is 0 Å². The minimum Gasteiger partial charge on any atom is -0.352 e. The summed E-state index contributed by atoms with van der Waals surface area (Å²) in [7, 11) is 0. The molecule has 0 aromatic heterocycles. The topological polar surface area (TPSA) is 81.1 Å². The van der Waals surface area contributed by atoms with Gasteiger partial charge in [0.05, 0.1) is 6.54 Å². The summed E-state index contributed by atoms with van der Waals surface area (Å²) in [6.45, 7) is 0.0751. The Morgan fingerprint density at radius 2 is 2.25 bits per heavy atom. The molecule has 0 radical (unpaired) electrons. The predicted molar refractivity (Wildman–Crippen MR) is 47.4 cm³/mol. The molecule has 5 N–H and O–H groups in total. The number of amides is 1. The Hall–Kier alpha value is -0.610. The van der Waals surface area contributed by atoms with Gasteiger partial charge in [0.2, 0.25) is 5.91 Å². The Kier molecular flexibility index (Phi) is 3.49. The number of carbonyl (C=O) groups excluding carboxylic acids is 1. The van der Waals surface area contributed by atoms with E-state index in [0.29, 0.717) is 0 Å². The molecule has 1 amide bonds. The maximum Gasteiger partial charge on any atom is 0.233 e. The van der Waals surface area contributed by atoms with Crippen LogP contribution in [0.3, 0.4) is 0 Å². The molecule has 2 atom stereocenters. The highest BCUT2D eigenvalue weighted by Crippen LogP contribution is 2.16. The summed E-state index contributed by atoms with van der Waals surface area (Å²) in [6.07, 6.45) is 4.12. The summed E-state index contributed by atoms with van der Waals surface area (Å²) in [5, 5.41) is 2.86. The van der Waals surface area contributed by atoms with Crippen molar-refractivity contribution in [2.24, 2.45) is 11.5 Å². The molecule has 0 saturated heterocycles. The van der Waals surface area contributed by atoms with Crippen LogP contribution in [0, 0.1) is 0 Å². The van der Waals surface area contributed by atoms with Crippen LogP contribution >= 0.6 is 0 Å². The van der Waals surface area contributed by atoms with Crippen molar-refractivity contribution in [1.82, 2.24) is 5.32 Å². The van der Waals surface area contributed by atoms with Crippen molar-refractivity contribution in [3.05, 3.63) is 0 Å². The van der Waals surface area contributed by atoms with E-state index in [2.05, 4.69) is 5.32 Å². The molecule has 1 aliphatic carbocycles. The maximum absolute atomic E-state index is 10.9. The molecule has 70 valence electrons. The molecule has 0 heterocycles. The van der Waals surface area contributed by atoms with Gasteiger partial charge in [0.15, 0.2) is 0 Å². The van der Waals surface area contributed by atoms with Gasteiger partial charge in [0.25, 0.3) is 0 Å². The van der Waals surface area contributed by atoms with Gasteiger partial charge in [-0.05, 0) is 25.7 Å². The molecule has 1 rings (SSSR count). The van der Waals surface area contributed by atoms with Crippen LogP contribution in [0.4, 0.5) is 0 Å². The summed E-state index contributed by atoms with van der Waals surface area (Å²) in [5.41, 5.74) is 10.9. The van der Waals surface area contributed by atoms with E-state index < -0.39 is 0 Å². The van der Waals surface area contributed by atoms with E-state index in [9.17, 15) is 4.79 Å². The monoisotopic (exact) mass is 171 g/mol. The average Bonchev–Trinajstić information content (AvgIpc) is 2.04. The van der Waals surface area contributed by atoms with E-state index in [1.165, 1.54) is 0 Å². The Balaban J connectivity index is 2.27. The zero-order valence-corrected chi connectivity index (χ0v) is 7.25. The van der Waals surface area contributed by atoms with Gasteiger partial charge in [0, 0.05) is 12.1 Å². The van der Waals surface area contributed by atoms with E-state index in [0.717, 1.165) is 25.7 Å². The summed E-state index contributed by atoms with van der Waals surface area (Å²) in [5.74, 6) is -0.0749. The second-order valence-corrected chi connectivity index (χ2v) is 3.40. The smallest absolute Gasteiger partial charge is 0.233 e. The molecule has 0 bridgehead atoms. The van der Waals surface area contributed by atoms with Crippen molar-refractivity contribution in [1.29, 1.82) is 0 Å². The van der Waals surface area contributed by atoms with E-state index in [1.807, 2.05) is 0 Å². The third kappa shape index (κ3) is 2.79. The number of hydrogen-bond donors (Lipinski definition) is 3. The first-order chi connectivity index (χ1) is 5.72. The summed E-state index contributed by atoms with van der Waals surface area (Å²) in [4.78, 5) is 10.9. The standard InChI is InChI=1S/C8H17N3O/c9-5-8(12)11-7-3-1-2-6(10)4-7/h6-7H,1-5,9-10H2,(H,11,12). The second-order valence-electron chi connectivity index (χ2n) is 3.40. The third-order valence-corrected chi connectivity index (χ3v) is 2.27. The lowest BCUT2D eigenvalue weighted by Crippen LogP contribution is -2.44. The highest BCUT2D eigenvalue weighted by Gasteiger charge is 2.19. The Morgan fingerprint density at radius 1 is 1.50 bits per heavy atom. The summed E-state index contributed by atoms with van der Waals surface area (Å²) >= 11 is 0. The van der Waals surface area contributed by atoms with Gasteiger partial charge < -0.3 is 16.8 Å². The lowest BCUT2D eigenvalue weighted by atomic mass is 9.92. The van der Waals surface area contributed by atoms with E-state index in [4.69, 9.17) is 11.5 Å². The first-order valence-electron chi connectivity index (χ1n) is 4.47. The van der Waals surface area contributed by atoms with E-state index >= 15 is 0 Å². The fourth-order valence-corrected chi connectivity index (χ4v) is 1.65. The molecular weight excluding hydrogens is 154 g/mol. The lowest BCUT2D eigenvalue weighted by molar-refractivity contribution is -0.120. The van der Waals surface area contributed by atoms with Gasteiger partial charge in [-0.15, -0.1) is 0 Å². The van der Waals surface area contributed by atoms with Crippen LogP contribution in [-0.4, -0.2) is 24.5 Å². The minimum atomic E-state index is -0.0749. The zero-order valence-electron chi connectivity index (χ0n) is 7.25. The molecule has 1 fully saturated rings. The number of hydrogen-bond acceptors (Lipinski definition) is 3. The van der Waals surface area contributed by atoms with Gasteiger partial charge in [-0.1, -0.05) is 0 Å². The Morgan fingerprint density at radius 3 is 2.83 bits per heavy atom. The first-order valence-corrected chi connectivity index (χ1v) is 4.47. The number of nitrogens with two attached hydrogens (primary N) is 2. The molecule has 2 unspecified atom stereocenters. The summed E-state index contributed by atoms with van der Waals surface area (Å²) in [6, 6.07) is 0.506. The third-order valence-electron chi connectivity index (χ3n) is 2.27. The fourth-order valence-electron chi connectivity index (χ4n) is 1.65. The van der Waals surface area contributed by atoms with Crippen LogP contribution in [0.2, 0.25) is 0 Å².